The molecule has 0 spiro atoms. The fraction of sp³-hybridized carbons (Fsp3) is 0. The normalized spacial score (nSPS) is 11.6. The van der Waals surface area contributed by atoms with Gasteiger partial charge in [-0.1, -0.05) is 140 Å². The second kappa shape index (κ2) is 12.9. The van der Waals surface area contributed by atoms with Gasteiger partial charge >= 0.3 is 0 Å². The molecule has 0 aliphatic rings. The maximum atomic E-state index is 2.40. The van der Waals surface area contributed by atoms with Crippen molar-refractivity contribution in [3.8, 4) is 27.9 Å². The van der Waals surface area contributed by atoms with Crippen LogP contribution in [0, 0.1) is 0 Å². The minimum absolute atomic E-state index is 1.11. The zero-order valence-corrected chi connectivity index (χ0v) is 30.7. The molecule has 3 heteroatoms. The van der Waals surface area contributed by atoms with E-state index in [1.54, 1.807) is 0 Å². The van der Waals surface area contributed by atoms with Gasteiger partial charge in [0, 0.05) is 53.4 Å². The number of hydrogen-bond donors (Lipinski definition) is 0. The average Bonchev–Trinajstić information content (AvgIpc) is 3.80. The molecule has 0 aliphatic carbocycles. The summed E-state index contributed by atoms with van der Waals surface area (Å²) in [5, 5.41) is 7.59. The molecule has 0 bridgehead atoms. The van der Waals surface area contributed by atoms with Gasteiger partial charge in [-0.15, -0.1) is 11.3 Å². The van der Waals surface area contributed by atoms with E-state index in [0.717, 1.165) is 17.1 Å². The molecular weight excluding hydrogens is 685 g/mol. The van der Waals surface area contributed by atoms with Crippen LogP contribution in [0.15, 0.2) is 206 Å². The topological polar surface area (TPSA) is 8.17 Å². The fourth-order valence-electron chi connectivity index (χ4n) is 8.41. The van der Waals surface area contributed by atoms with E-state index in [4.69, 9.17) is 0 Å². The van der Waals surface area contributed by atoms with Gasteiger partial charge in [0.15, 0.2) is 0 Å². The van der Waals surface area contributed by atoms with Crippen LogP contribution in [-0.4, -0.2) is 4.57 Å². The number of aromatic nitrogens is 1. The zero-order valence-electron chi connectivity index (χ0n) is 29.9. The molecular formula is C52H34N2S. The Morgan fingerprint density at radius 1 is 0.382 bits per heavy atom. The first-order chi connectivity index (χ1) is 27.3. The zero-order chi connectivity index (χ0) is 36.3. The maximum Gasteiger partial charge on any atom is 0.0541 e. The molecule has 2 heterocycles. The Kier molecular flexibility index (Phi) is 7.39. The van der Waals surface area contributed by atoms with E-state index >= 15 is 0 Å². The Labute approximate surface area is 323 Å². The van der Waals surface area contributed by atoms with Crippen molar-refractivity contribution >= 4 is 81.1 Å². The standard InChI is InChI=1S/C52H34N2S/c1-2-14-39(15-3-1)54-49-21-8-6-17-44(49)47-34-38(28-33-50(47)54)35-24-29-40(30-25-35)53(48-22-10-13-36-12-4-5-16-42(36)48)41-31-26-37(27-32-41)43-19-11-20-46-45-18-7-9-23-51(45)55-52(43)46/h1-34H. The van der Waals surface area contributed by atoms with Gasteiger partial charge in [-0.2, -0.15) is 0 Å². The number of nitrogens with zero attached hydrogens (tertiary/aromatic N) is 2. The third-order valence-corrected chi connectivity index (χ3v) is 12.2. The van der Waals surface area contributed by atoms with Gasteiger partial charge in [-0.3, -0.25) is 0 Å². The molecule has 9 aromatic carbocycles. The summed E-state index contributed by atoms with van der Waals surface area (Å²) in [6.07, 6.45) is 0. The van der Waals surface area contributed by atoms with Crippen molar-refractivity contribution in [3.63, 3.8) is 0 Å². The van der Waals surface area contributed by atoms with E-state index in [0.29, 0.717) is 0 Å². The third kappa shape index (κ3) is 5.24. The van der Waals surface area contributed by atoms with Gasteiger partial charge in [0.05, 0.1) is 16.7 Å². The SMILES string of the molecule is c1ccc(-n2c3ccccc3c3cc(-c4ccc(N(c5ccc(-c6cccc7c6sc6ccccc67)cc5)c5cccc6ccccc56)cc4)ccc32)cc1. The molecule has 258 valence electrons. The minimum atomic E-state index is 1.11. The second-order valence-electron chi connectivity index (χ2n) is 14.1. The summed E-state index contributed by atoms with van der Waals surface area (Å²) in [5.74, 6) is 0. The van der Waals surface area contributed by atoms with Crippen molar-refractivity contribution < 1.29 is 0 Å². The quantitative estimate of drug-likeness (QED) is 0.166. The van der Waals surface area contributed by atoms with E-state index in [2.05, 4.69) is 216 Å². The number of thiophene rings is 1. The molecule has 0 unspecified atom stereocenters. The molecule has 0 N–H and O–H groups in total. The monoisotopic (exact) mass is 718 g/mol. The number of rotatable bonds is 6. The molecule has 0 saturated heterocycles. The van der Waals surface area contributed by atoms with E-state index in [9.17, 15) is 0 Å². The van der Waals surface area contributed by atoms with Crippen LogP contribution in [0.3, 0.4) is 0 Å². The number of anilines is 3. The van der Waals surface area contributed by atoms with E-state index in [1.165, 1.54) is 80.7 Å². The van der Waals surface area contributed by atoms with Crippen molar-refractivity contribution in [3.05, 3.63) is 206 Å². The molecule has 0 amide bonds. The highest BCUT2D eigenvalue weighted by molar-refractivity contribution is 7.26. The largest absolute Gasteiger partial charge is 0.310 e. The summed E-state index contributed by atoms with van der Waals surface area (Å²) in [6.45, 7) is 0. The van der Waals surface area contributed by atoms with Crippen LogP contribution < -0.4 is 4.90 Å². The van der Waals surface area contributed by atoms with Crippen LogP contribution in [0.1, 0.15) is 0 Å². The smallest absolute Gasteiger partial charge is 0.0541 e. The highest BCUT2D eigenvalue weighted by Crippen LogP contribution is 2.43. The molecule has 55 heavy (non-hydrogen) atoms. The van der Waals surface area contributed by atoms with E-state index in [1.807, 2.05) is 11.3 Å². The molecule has 2 aromatic heterocycles. The second-order valence-corrected chi connectivity index (χ2v) is 15.2. The van der Waals surface area contributed by atoms with Crippen molar-refractivity contribution in [1.82, 2.24) is 4.57 Å². The summed E-state index contributed by atoms with van der Waals surface area (Å²) in [6, 6.07) is 75.1. The summed E-state index contributed by atoms with van der Waals surface area (Å²) in [7, 11) is 0. The van der Waals surface area contributed by atoms with Gasteiger partial charge in [-0.25, -0.2) is 0 Å². The maximum absolute atomic E-state index is 2.40. The first-order valence-electron chi connectivity index (χ1n) is 18.8. The minimum Gasteiger partial charge on any atom is -0.310 e. The number of para-hydroxylation sites is 2. The lowest BCUT2D eigenvalue weighted by Crippen LogP contribution is -2.10. The number of fused-ring (bicyclic) bond motifs is 7. The Balaban J connectivity index is 1.01. The van der Waals surface area contributed by atoms with Crippen molar-refractivity contribution in [1.29, 1.82) is 0 Å². The third-order valence-electron chi connectivity index (χ3n) is 11.0. The molecule has 2 nitrogen and oxygen atoms in total. The molecule has 0 fully saturated rings. The van der Waals surface area contributed by atoms with Gasteiger partial charge in [-0.05, 0) is 94.4 Å². The average molecular weight is 719 g/mol. The molecule has 0 aliphatic heterocycles. The molecule has 0 atom stereocenters. The lowest BCUT2D eigenvalue weighted by atomic mass is 10.0. The van der Waals surface area contributed by atoms with Crippen LogP contribution >= 0.6 is 11.3 Å². The van der Waals surface area contributed by atoms with Gasteiger partial charge in [0.25, 0.3) is 0 Å². The molecule has 0 saturated carbocycles. The van der Waals surface area contributed by atoms with E-state index in [-0.39, 0.29) is 0 Å². The fourth-order valence-corrected chi connectivity index (χ4v) is 9.64. The van der Waals surface area contributed by atoms with E-state index < -0.39 is 0 Å². The Hall–Kier alpha value is -6.94. The Bertz CT molecular complexity index is 3180. The van der Waals surface area contributed by atoms with Crippen LogP contribution in [-0.2, 0) is 0 Å². The summed E-state index contributed by atoms with van der Waals surface area (Å²) >= 11 is 1.88. The van der Waals surface area contributed by atoms with Crippen molar-refractivity contribution in [2.75, 3.05) is 4.90 Å². The van der Waals surface area contributed by atoms with Crippen LogP contribution in [0.25, 0.3) is 80.7 Å². The van der Waals surface area contributed by atoms with Gasteiger partial charge in [0.1, 0.15) is 0 Å². The predicted octanol–water partition coefficient (Wildman–Crippen LogP) is 15.1. The highest BCUT2D eigenvalue weighted by atomic mass is 32.1. The lowest BCUT2D eigenvalue weighted by Gasteiger charge is -2.27. The van der Waals surface area contributed by atoms with Crippen LogP contribution in [0.5, 0.6) is 0 Å². The predicted molar refractivity (Wildman–Crippen MR) is 237 cm³/mol. The summed E-state index contributed by atoms with van der Waals surface area (Å²) in [5.41, 5.74) is 11.9. The molecule has 0 radical (unpaired) electrons. The van der Waals surface area contributed by atoms with Crippen molar-refractivity contribution in [2.45, 2.75) is 0 Å². The van der Waals surface area contributed by atoms with Crippen LogP contribution in [0.2, 0.25) is 0 Å². The Morgan fingerprint density at radius 3 is 1.80 bits per heavy atom. The lowest BCUT2D eigenvalue weighted by molar-refractivity contribution is 1.18. The first kappa shape index (κ1) is 31.6. The molecule has 11 aromatic rings. The summed E-state index contributed by atoms with van der Waals surface area (Å²) in [4.78, 5) is 2.40. The van der Waals surface area contributed by atoms with Crippen molar-refractivity contribution in [2.24, 2.45) is 0 Å². The van der Waals surface area contributed by atoms with Gasteiger partial charge in [0.2, 0.25) is 0 Å². The highest BCUT2D eigenvalue weighted by Gasteiger charge is 2.18. The van der Waals surface area contributed by atoms with Crippen LogP contribution in [0.4, 0.5) is 17.1 Å². The number of hydrogen-bond acceptors (Lipinski definition) is 2. The van der Waals surface area contributed by atoms with Gasteiger partial charge < -0.3 is 9.47 Å². The summed E-state index contributed by atoms with van der Waals surface area (Å²) < 4.78 is 5.03. The Morgan fingerprint density at radius 2 is 0.982 bits per heavy atom. The molecule has 11 rings (SSSR count). The number of benzene rings is 9. The first-order valence-corrected chi connectivity index (χ1v) is 19.6.